The molecule has 0 saturated heterocycles. The standard InChI is InChI=1S/C88H84N12O8/c1-57-69-37-71-58(2)73-39-75-60(4)76-40-74-59(3)72-38-70(57)82-78(50-98(43-63-23-7-15-31-91-63)44-64-24-8-16-32-92-64)84(72)104-55-106-86(74)80(52-100(47-67-27-11-19-35-95-67)48-68-28-12-20-36-96-68)88(76)108-56-107-87(75)79(51-99(45-65-25-9-17-33-93-65)46-66-26-10-18-34-94-66)85(73)105-54-103-83(71)77(81(69)101-53-102-82)49-97(41-61-21-5-13-29-89-61)42-62-22-6-14-30-90-62/h5-40,57-60H,41-56H2,1-4H3. The lowest BCUT2D eigenvalue weighted by Gasteiger charge is -2.37. The van der Waals surface area contributed by atoms with Gasteiger partial charge in [-0.25, -0.2) is 0 Å². The molecule has 20 nitrogen and oxygen atoms in total. The topological polar surface area (TPSA) is 190 Å². The van der Waals surface area contributed by atoms with Gasteiger partial charge >= 0.3 is 0 Å². The van der Waals surface area contributed by atoms with Gasteiger partial charge < -0.3 is 37.9 Å². The summed E-state index contributed by atoms with van der Waals surface area (Å²) in [6, 6.07) is 57.8. The first-order chi connectivity index (χ1) is 53.2. The van der Waals surface area contributed by atoms with Gasteiger partial charge in [-0.3, -0.25) is 59.5 Å². The number of pyridine rings is 8. The molecular weight excluding hydrogens is 1350 g/mol. The summed E-state index contributed by atoms with van der Waals surface area (Å²) in [6.07, 6.45) is 14.8. The summed E-state index contributed by atoms with van der Waals surface area (Å²) in [6.45, 7) is 13.9. The molecule has 0 saturated carbocycles. The second-order valence-corrected chi connectivity index (χ2v) is 28.4. The molecule has 0 spiro atoms. The van der Waals surface area contributed by atoms with Crippen molar-refractivity contribution in [2.45, 2.75) is 130 Å². The molecule has 4 aliphatic heterocycles. The Morgan fingerprint density at radius 3 is 0.500 bits per heavy atom. The van der Waals surface area contributed by atoms with Gasteiger partial charge in [0.1, 0.15) is 46.0 Å². The van der Waals surface area contributed by atoms with Crippen molar-refractivity contribution in [2.24, 2.45) is 0 Å². The Morgan fingerprint density at radius 2 is 0.370 bits per heavy atom. The van der Waals surface area contributed by atoms with Crippen LogP contribution in [0.3, 0.4) is 0 Å². The highest BCUT2D eigenvalue weighted by atomic mass is 16.7. The van der Waals surface area contributed by atoms with Crippen LogP contribution < -0.4 is 37.9 Å². The minimum atomic E-state index is -0.383. The number of aromatic nitrogens is 8. The van der Waals surface area contributed by atoms with E-state index in [1.165, 1.54) is 0 Å². The molecule has 0 radical (unpaired) electrons. The highest BCUT2D eigenvalue weighted by molar-refractivity contribution is 5.69. The maximum atomic E-state index is 7.35. The minimum absolute atomic E-state index is 0.154. The van der Waals surface area contributed by atoms with Crippen molar-refractivity contribution < 1.29 is 37.9 Å². The van der Waals surface area contributed by atoms with Crippen LogP contribution in [0.25, 0.3) is 0 Å². The zero-order chi connectivity index (χ0) is 72.9. The second-order valence-electron chi connectivity index (χ2n) is 28.4. The normalized spacial score (nSPS) is 16.4. The SMILES string of the molecule is CC1c2cc3c4c(CN(Cc5ccccn5)Cc5ccccn5)c2OCOc2c1cc1c(c2CN(Cc2ccccn2)Cc2ccccn2)OCOc2c(cc5c(c2CN(Cc2ccccn2)Cc2ccccn2)OCOc2c(cc(c(c2CN(Cc2ccccn2)Cc2ccccn2)OCO4)C3C)C5C)C1C. The maximum absolute atomic E-state index is 7.35. The van der Waals surface area contributed by atoms with E-state index >= 15 is 0 Å². The van der Waals surface area contributed by atoms with Gasteiger partial charge in [0.25, 0.3) is 0 Å². The molecule has 544 valence electrons. The lowest BCUT2D eigenvalue weighted by molar-refractivity contribution is 0.0895. The lowest BCUT2D eigenvalue weighted by atomic mass is 9.78. The zero-order valence-electron chi connectivity index (χ0n) is 61.0. The summed E-state index contributed by atoms with van der Waals surface area (Å²) in [5.74, 6) is 3.80. The van der Waals surface area contributed by atoms with Crippen LogP contribution in [0.1, 0.15) is 164 Å². The van der Waals surface area contributed by atoms with Crippen LogP contribution in [0.5, 0.6) is 46.0 Å². The van der Waals surface area contributed by atoms with Crippen LogP contribution in [0.2, 0.25) is 0 Å². The fraction of sp³-hybridized carbons (Fsp3) is 0.273. The third-order valence-electron chi connectivity index (χ3n) is 21.3. The predicted octanol–water partition coefficient (Wildman–Crippen LogP) is 15.5. The number of benzene rings is 4. The largest absolute Gasteiger partial charge is 0.457 e. The Morgan fingerprint density at radius 1 is 0.222 bits per heavy atom. The third kappa shape index (κ3) is 14.7. The molecule has 0 fully saturated rings. The fourth-order valence-corrected chi connectivity index (χ4v) is 16.1. The van der Waals surface area contributed by atoms with E-state index in [4.69, 9.17) is 77.8 Å². The summed E-state index contributed by atoms with van der Waals surface area (Å²) >= 11 is 0. The van der Waals surface area contributed by atoms with Crippen molar-refractivity contribution in [1.82, 2.24) is 59.5 Å². The monoisotopic (exact) mass is 1440 g/mol. The van der Waals surface area contributed by atoms with Crippen LogP contribution in [-0.2, 0) is 78.5 Å². The van der Waals surface area contributed by atoms with Crippen LogP contribution >= 0.6 is 0 Å². The van der Waals surface area contributed by atoms with E-state index in [1.54, 1.807) is 0 Å². The molecule has 0 N–H and O–H groups in total. The smallest absolute Gasteiger partial charge is 0.230 e. The molecule has 0 atom stereocenters. The summed E-state index contributed by atoms with van der Waals surface area (Å²) in [5, 5.41) is 0. The van der Waals surface area contributed by atoms with Gasteiger partial charge in [0, 0.05) is 196 Å². The molecule has 0 amide bonds. The average molecular weight is 1440 g/mol. The Bertz CT molecular complexity index is 4200. The van der Waals surface area contributed by atoms with E-state index in [0.717, 1.165) is 112 Å². The first-order valence-corrected chi connectivity index (χ1v) is 37.1. The lowest BCUT2D eigenvalue weighted by Crippen LogP contribution is -2.29. The van der Waals surface area contributed by atoms with Gasteiger partial charge in [0.05, 0.1) is 67.8 Å². The molecule has 4 aromatic carbocycles. The Kier molecular flexibility index (Phi) is 20.2. The first kappa shape index (κ1) is 69.4. The van der Waals surface area contributed by atoms with Crippen LogP contribution in [0, 0.1) is 0 Å². The molecule has 20 heteroatoms. The fourth-order valence-electron chi connectivity index (χ4n) is 16.1. The maximum Gasteiger partial charge on any atom is 0.230 e. The van der Waals surface area contributed by atoms with Crippen molar-refractivity contribution in [3.63, 3.8) is 0 Å². The number of hydrogen-bond acceptors (Lipinski definition) is 20. The molecule has 5 aliphatic rings. The summed E-state index contributed by atoms with van der Waals surface area (Å²) < 4.78 is 58.8. The first-order valence-electron chi connectivity index (χ1n) is 37.1. The number of nitrogens with zero attached hydrogens (tertiary/aromatic N) is 12. The molecule has 12 heterocycles. The molecule has 17 rings (SSSR count). The van der Waals surface area contributed by atoms with Gasteiger partial charge in [0.15, 0.2) is 0 Å². The number of ether oxygens (including phenoxy) is 8. The van der Waals surface area contributed by atoms with E-state index in [2.05, 4.69) is 120 Å². The average Bonchev–Trinajstić information content (AvgIpc) is 0.723. The Labute approximate surface area is 628 Å². The van der Waals surface area contributed by atoms with Crippen molar-refractivity contribution in [3.8, 4) is 46.0 Å². The quantitative estimate of drug-likeness (QED) is 0.0554. The van der Waals surface area contributed by atoms with E-state index in [-0.39, 0.29) is 50.8 Å². The molecule has 108 heavy (non-hydrogen) atoms. The van der Waals surface area contributed by atoms with Crippen molar-refractivity contribution in [2.75, 3.05) is 27.2 Å². The van der Waals surface area contributed by atoms with Gasteiger partial charge in [-0.1, -0.05) is 76.2 Å². The zero-order valence-corrected chi connectivity index (χ0v) is 61.0. The summed E-state index contributed by atoms with van der Waals surface area (Å²) in [7, 11) is 0. The highest BCUT2D eigenvalue weighted by Gasteiger charge is 2.41. The van der Waals surface area contributed by atoms with Gasteiger partial charge in [-0.15, -0.1) is 0 Å². The van der Waals surface area contributed by atoms with Gasteiger partial charge in [-0.2, -0.15) is 0 Å². The second kappa shape index (κ2) is 31.4. The summed E-state index contributed by atoms with van der Waals surface area (Å²) in [5.41, 5.74) is 18.4. The third-order valence-corrected chi connectivity index (χ3v) is 21.3. The molecule has 1 aliphatic carbocycles. The van der Waals surface area contributed by atoms with Gasteiger partial charge in [-0.05, 0) is 121 Å². The van der Waals surface area contributed by atoms with Crippen LogP contribution in [0.15, 0.2) is 219 Å². The van der Waals surface area contributed by atoms with Crippen molar-refractivity contribution >= 4 is 0 Å². The number of hydrogen-bond donors (Lipinski definition) is 0. The molecular formula is C88H84N12O8. The summed E-state index contributed by atoms with van der Waals surface area (Å²) in [4.78, 5) is 48.6. The van der Waals surface area contributed by atoms with Crippen molar-refractivity contribution in [3.05, 3.63) is 332 Å². The molecule has 12 aromatic rings. The van der Waals surface area contributed by atoms with Gasteiger partial charge in [0.2, 0.25) is 27.2 Å². The molecule has 0 unspecified atom stereocenters. The van der Waals surface area contributed by atoms with Crippen LogP contribution in [0.4, 0.5) is 0 Å². The molecule has 8 aromatic heterocycles. The Balaban J connectivity index is 0.931. The minimum Gasteiger partial charge on any atom is -0.457 e. The van der Waals surface area contributed by atoms with E-state index in [1.807, 2.05) is 147 Å². The van der Waals surface area contributed by atoms with Crippen molar-refractivity contribution in [1.29, 1.82) is 0 Å². The Hall–Kier alpha value is -11.7. The highest BCUT2D eigenvalue weighted by Crippen LogP contribution is 2.57. The van der Waals surface area contributed by atoms with E-state index < -0.39 is 0 Å². The van der Waals surface area contributed by atoms with Crippen LogP contribution in [-0.4, -0.2) is 86.6 Å². The number of rotatable bonds is 24. The predicted molar refractivity (Wildman–Crippen MR) is 406 cm³/mol. The van der Waals surface area contributed by atoms with E-state index in [0.29, 0.717) is 125 Å². The molecule has 8 bridgehead atoms. The van der Waals surface area contributed by atoms with E-state index in [9.17, 15) is 0 Å².